The first-order valence-electron chi connectivity index (χ1n) is 22.4. The lowest BCUT2D eigenvalue weighted by atomic mass is 9.55. The fraction of sp³-hybridized carbons (Fsp3) is 0.423. The zero-order chi connectivity index (χ0) is 44.0. The molecule has 334 valence electrons. The van der Waals surface area contributed by atoms with Crippen molar-refractivity contribution in [3.05, 3.63) is 139 Å². The molecule has 2 aliphatic carbocycles. The number of rotatable bonds is 23. The predicted molar refractivity (Wildman–Crippen MR) is 250 cm³/mol. The summed E-state index contributed by atoms with van der Waals surface area (Å²) in [6.07, 6.45) is 10.8. The topological polar surface area (TPSA) is 119 Å². The van der Waals surface area contributed by atoms with E-state index in [4.69, 9.17) is 28.9 Å². The number of hydrogen-bond acceptors (Lipinski definition) is 10. The normalized spacial score (nSPS) is 22.9. The summed E-state index contributed by atoms with van der Waals surface area (Å²) < 4.78 is 27.1. The number of aliphatic hydroxyl groups is 2. The van der Waals surface area contributed by atoms with E-state index in [-0.39, 0.29) is 57.1 Å². The molecule has 4 aromatic carbocycles. The number of hydrogen-bond donors (Lipinski definition) is 2. The molecule has 0 aromatic heterocycles. The van der Waals surface area contributed by atoms with Gasteiger partial charge in [0, 0.05) is 41.8 Å². The number of aliphatic hydroxyl groups excluding tert-OH is 2. The first-order valence-corrected chi connectivity index (χ1v) is 23.4. The molecule has 7 rings (SSSR count). The van der Waals surface area contributed by atoms with Crippen LogP contribution in [0.2, 0.25) is 0 Å². The number of unbranched alkanes of at least 4 members (excludes halogenated alkanes) is 2. The van der Waals surface area contributed by atoms with Crippen LogP contribution in [0.4, 0.5) is 4.79 Å². The summed E-state index contributed by atoms with van der Waals surface area (Å²) in [5.41, 5.74) is 3.64. The number of allylic oxidation sites excluding steroid dienone is 1. The lowest BCUT2D eigenvalue weighted by Gasteiger charge is -2.59. The SMILES string of the molecule is C=CCCOC(=O)N(Cc1cccc2ccccc12)C1CC(=NOC)C2=CC(CCCCO)C(CCCCO)C3c4cc(OCCSc5ccccc5)ccc4OC1(OCC=C)C23. The fourth-order valence-electron chi connectivity index (χ4n) is 9.91. The summed E-state index contributed by atoms with van der Waals surface area (Å²) in [7, 11) is 1.55. The molecule has 1 aliphatic heterocycles. The minimum atomic E-state index is -1.42. The molecule has 2 N–H and O–H groups in total. The molecule has 4 aromatic rings. The van der Waals surface area contributed by atoms with Crippen molar-refractivity contribution in [2.24, 2.45) is 22.9 Å². The second-order valence-electron chi connectivity index (χ2n) is 16.4. The third-order valence-electron chi connectivity index (χ3n) is 12.6. The zero-order valence-corrected chi connectivity index (χ0v) is 37.3. The maximum absolute atomic E-state index is 14.8. The first kappa shape index (κ1) is 45.9. The number of benzene rings is 4. The van der Waals surface area contributed by atoms with Crippen molar-refractivity contribution in [3.8, 4) is 11.5 Å². The molecule has 1 saturated carbocycles. The molecule has 1 heterocycles. The quantitative estimate of drug-likeness (QED) is 0.0325. The van der Waals surface area contributed by atoms with E-state index in [0.717, 1.165) is 70.4 Å². The van der Waals surface area contributed by atoms with Crippen LogP contribution in [0.1, 0.15) is 68.4 Å². The van der Waals surface area contributed by atoms with Crippen molar-refractivity contribution >= 4 is 34.3 Å². The minimum absolute atomic E-state index is 0.0795. The summed E-state index contributed by atoms with van der Waals surface area (Å²) >= 11 is 1.75. The van der Waals surface area contributed by atoms with Gasteiger partial charge >= 0.3 is 6.09 Å². The van der Waals surface area contributed by atoms with Gasteiger partial charge in [0.15, 0.2) is 0 Å². The number of oxime groups is 1. The summed E-state index contributed by atoms with van der Waals surface area (Å²) in [5, 5.41) is 26.7. The van der Waals surface area contributed by atoms with Crippen LogP contribution in [-0.4, -0.2) is 84.6 Å². The summed E-state index contributed by atoms with van der Waals surface area (Å²) in [4.78, 5) is 23.4. The highest BCUT2D eigenvalue weighted by molar-refractivity contribution is 7.99. The maximum Gasteiger partial charge on any atom is 0.410 e. The Morgan fingerprint density at radius 2 is 1.71 bits per heavy atom. The van der Waals surface area contributed by atoms with Crippen molar-refractivity contribution in [1.82, 2.24) is 4.90 Å². The van der Waals surface area contributed by atoms with Gasteiger partial charge in [-0.3, -0.25) is 4.90 Å². The van der Waals surface area contributed by atoms with Gasteiger partial charge in [0.25, 0.3) is 0 Å². The Morgan fingerprint density at radius 3 is 2.49 bits per heavy atom. The van der Waals surface area contributed by atoms with Gasteiger partial charge in [-0.2, -0.15) is 0 Å². The average molecular weight is 875 g/mol. The number of thioether (sulfide) groups is 1. The molecule has 1 fully saturated rings. The minimum Gasteiger partial charge on any atom is -0.493 e. The van der Waals surface area contributed by atoms with E-state index in [1.54, 1.807) is 35.9 Å². The van der Waals surface area contributed by atoms with Crippen molar-refractivity contribution in [3.63, 3.8) is 0 Å². The van der Waals surface area contributed by atoms with Gasteiger partial charge in [-0.15, -0.1) is 24.9 Å². The second kappa shape index (κ2) is 22.5. The lowest BCUT2D eigenvalue weighted by Crippen LogP contribution is -2.70. The maximum atomic E-state index is 14.8. The zero-order valence-electron chi connectivity index (χ0n) is 36.4. The van der Waals surface area contributed by atoms with Crippen LogP contribution in [-0.2, 0) is 20.9 Å². The van der Waals surface area contributed by atoms with E-state index in [1.165, 1.54) is 4.90 Å². The highest BCUT2D eigenvalue weighted by Crippen LogP contribution is 2.62. The molecular formula is C52H62N2O8S. The van der Waals surface area contributed by atoms with Crippen LogP contribution in [0.3, 0.4) is 0 Å². The van der Waals surface area contributed by atoms with Crippen molar-refractivity contribution in [2.75, 3.05) is 45.9 Å². The van der Waals surface area contributed by atoms with Gasteiger partial charge in [0.1, 0.15) is 24.7 Å². The molecule has 0 saturated heterocycles. The molecule has 6 unspecified atom stereocenters. The first-order chi connectivity index (χ1) is 31.0. The van der Waals surface area contributed by atoms with Crippen molar-refractivity contribution in [1.29, 1.82) is 0 Å². The smallest absolute Gasteiger partial charge is 0.410 e. The molecule has 10 nitrogen and oxygen atoms in total. The monoisotopic (exact) mass is 874 g/mol. The summed E-state index contributed by atoms with van der Waals surface area (Å²) in [6.45, 7) is 9.19. The summed E-state index contributed by atoms with van der Waals surface area (Å²) in [5.74, 6) is 0.314. The molecular weight excluding hydrogens is 813 g/mol. The van der Waals surface area contributed by atoms with Crippen LogP contribution < -0.4 is 9.47 Å². The largest absolute Gasteiger partial charge is 0.493 e. The number of fused-ring (bicyclic) bond motifs is 3. The number of ether oxygens (including phenoxy) is 4. The van der Waals surface area contributed by atoms with Crippen LogP contribution >= 0.6 is 11.8 Å². The Morgan fingerprint density at radius 1 is 0.937 bits per heavy atom. The third kappa shape index (κ3) is 10.5. The summed E-state index contributed by atoms with van der Waals surface area (Å²) in [6, 6.07) is 30.0. The van der Waals surface area contributed by atoms with E-state index in [9.17, 15) is 15.0 Å². The molecule has 3 aliphatic rings. The second-order valence-corrected chi connectivity index (χ2v) is 17.6. The van der Waals surface area contributed by atoms with E-state index >= 15 is 0 Å². The molecule has 63 heavy (non-hydrogen) atoms. The van der Waals surface area contributed by atoms with E-state index < -0.39 is 23.8 Å². The van der Waals surface area contributed by atoms with Gasteiger partial charge in [-0.25, -0.2) is 4.79 Å². The molecule has 1 amide bonds. The van der Waals surface area contributed by atoms with Crippen LogP contribution in [0.15, 0.2) is 138 Å². The van der Waals surface area contributed by atoms with Gasteiger partial charge in [-0.05, 0) is 96.2 Å². The van der Waals surface area contributed by atoms with Crippen molar-refractivity contribution < 1.29 is 38.8 Å². The number of amides is 1. The number of carbonyl (C=O) groups excluding carboxylic acids is 1. The Balaban J connectivity index is 1.39. The molecule has 0 bridgehead atoms. The fourth-order valence-corrected chi connectivity index (χ4v) is 10.7. The van der Waals surface area contributed by atoms with Gasteiger partial charge in [0.05, 0.1) is 38.0 Å². The van der Waals surface area contributed by atoms with Crippen LogP contribution in [0, 0.1) is 17.8 Å². The molecule has 0 spiro atoms. The van der Waals surface area contributed by atoms with Crippen molar-refractivity contribution in [2.45, 2.75) is 80.6 Å². The van der Waals surface area contributed by atoms with Gasteiger partial charge in [-0.1, -0.05) is 96.9 Å². The Bertz CT molecular complexity index is 2210. The molecule has 11 heteroatoms. The van der Waals surface area contributed by atoms with E-state index in [1.807, 2.05) is 48.5 Å². The average Bonchev–Trinajstić information content (AvgIpc) is 3.31. The highest BCUT2D eigenvalue weighted by Gasteiger charge is 2.65. The Labute approximate surface area is 376 Å². The highest BCUT2D eigenvalue weighted by atomic mass is 32.2. The van der Waals surface area contributed by atoms with E-state index in [0.29, 0.717) is 31.6 Å². The van der Waals surface area contributed by atoms with Crippen LogP contribution in [0.25, 0.3) is 10.8 Å². The predicted octanol–water partition coefficient (Wildman–Crippen LogP) is 10.5. The molecule has 6 atom stereocenters. The number of nitrogens with zero attached hydrogens (tertiary/aromatic N) is 2. The Kier molecular flexibility index (Phi) is 16.4. The van der Waals surface area contributed by atoms with Gasteiger partial charge < -0.3 is 34.0 Å². The number of carbonyl (C=O) groups is 1. The standard InChI is InChI=1S/C52H62N2O8S/c1-4-6-30-60-51(57)54(36-39-20-16-19-37-17-10-11-23-42(37)39)48-35-46(53-58-3)44-33-38(18-12-14-27-55)43(24-13-15-28-56)49-45-34-40(59-31-32-63-41-21-8-7-9-22-41)25-26-47(45)62-52(48,50(44)49)61-29-5-2/h4-5,7-11,16-17,19-23,25-26,33-34,38,43,48-50,55-56H,1-2,6,12-15,18,24,27-32,35-36H2,3H3. The van der Waals surface area contributed by atoms with E-state index in [2.05, 4.69) is 61.7 Å². The Hall–Kier alpha value is -5.07. The van der Waals surface area contributed by atoms with Gasteiger partial charge in [0.2, 0.25) is 5.79 Å². The van der Waals surface area contributed by atoms with Crippen LogP contribution in [0.5, 0.6) is 11.5 Å². The third-order valence-corrected chi connectivity index (χ3v) is 13.6. The molecule has 0 radical (unpaired) electrons. The lowest BCUT2D eigenvalue weighted by molar-refractivity contribution is -0.256.